The molecule has 5 heteroatoms. The van der Waals surface area contributed by atoms with Gasteiger partial charge in [-0.1, -0.05) is 20.8 Å². The highest BCUT2D eigenvalue weighted by atomic mass is 79.9. The number of nitrogens with one attached hydrogen (secondary N) is 2. The molecule has 0 aliphatic carbocycles. The first-order valence-electron chi connectivity index (χ1n) is 5.11. The highest BCUT2D eigenvalue weighted by Crippen LogP contribution is 2.23. The van der Waals surface area contributed by atoms with E-state index in [1.165, 1.54) is 0 Å². The molecule has 1 atom stereocenters. The Balaban J connectivity index is 2.74. The van der Waals surface area contributed by atoms with Crippen LogP contribution in [0.1, 0.15) is 26.3 Å². The van der Waals surface area contributed by atoms with Crippen molar-refractivity contribution < 1.29 is 9.90 Å². The molecule has 0 aromatic carbocycles. The van der Waals surface area contributed by atoms with Gasteiger partial charge in [0.1, 0.15) is 0 Å². The van der Waals surface area contributed by atoms with Crippen LogP contribution < -0.4 is 5.32 Å². The Bertz CT molecular complexity index is 368. The van der Waals surface area contributed by atoms with Gasteiger partial charge < -0.3 is 15.4 Å². The number of aromatic amines is 1. The molecule has 0 spiro atoms. The standard InChI is InChI=1S/C11H17BrN2O2/c1-11(2,3)8(14-10(15)16)4-7-5-9(12)13-6-7/h5-6,8,13-14H,4H2,1-3H3,(H,15,16). The molecule has 0 saturated carbocycles. The predicted octanol–water partition coefficient (Wildman–Crippen LogP) is 3.00. The molecule has 90 valence electrons. The second-order valence-corrected chi connectivity index (χ2v) is 5.78. The summed E-state index contributed by atoms with van der Waals surface area (Å²) in [7, 11) is 0. The topological polar surface area (TPSA) is 65.1 Å². The summed E-state index contributed by atoms with van der Waals surface area (Å²) >= 11 is 3.33. The molecule has 1 heterocycles. The van der Waals surface area contributed by atoms with Gasteiger partial charge in [0.2, 0.25) is 0 Å². The third-order valence-electron chi connectivity index (χ3n) is 2.49. The Morgan fingerprint density at radius 2 is 2.25 bits per heavy atom. The van der Waals surface area contributed by atoms with Crippen molar-refractivity contribution >= 4 is 22.0 Å². The number of H-pyrrole nitrogens is 1. The van der Waals surface area contributed by atoms with Crippen molar-refractivity contribution in [3.63, 3.8) is 0 Å². The van der Waals surface area contributed by atoms with Crippen molar-refractivity contribution in [2.45, 2.75) is 33.2 Å². The minimum Gasteiger partial charge on any atom is -0.465 e. The molecule has 1 aromatic rings. The number of rotatable bonds is 3. The molecule has 0 aliphatic heterocycles. The fourth-order valence-corrected chi connectivity index (χ4v) is 1.89. The number of carbonyl (C=O) groups is 1. The smallest absolute Gasteiger partial charge is 0.404 e. The van der Waals surface area contributed by atoms with E-state index in [2.05, 4.69) is 26.2 Å². The summed E-state index contributed by atoms with van der Waals surface area (Å²) < 4.78 is 0.908. The molecular formula is C11H17BrN2O2. The fraction of sp³-hybridized carbons (Fsp3) is 0.545. The molecule has 1 rings (SSSR count). The van der Waals surface area contributed by atoms with Crippen LogP contribution in [-0.4, -0.2) is 22.2 Å². The quantitative estimate of drug-likeness (QED) is 0.801. The second kappa shape index (κ2) is 4.91. The van der Waals surface area contributed by atoms with Crippen LogP contribution in [0.5, 0.6) is 0 Å². The number of aromatic nitrogens is 1. The molecule has 0 saturated heterocycles. The number of hydrogen-bond acceptors (Lipinski definition) is 1. The van der Waals surface area contributed by atoms with Crippen LogP contribution in [-0.2, 0) is 6.42 Å². The average molecular weight is 289 g/mol. The van der Waals surface area contributed by atoms with Crippen molar-refractivity contribution in [3.8, 4) is 0 Å². The van der Waals surface area contributed by atoms with Gasteiger partial charge in [-0.25, -0.2) is 4.79 Å². The van der Waals surface area contributed by atoms with E-state index in [4.69, 9.17) is 5.11 Å². The normalized spacial score (nSPS) is 13.5. The van der Waals surface area contributed by atoms with Crippen molar-refractivity contribution in [3.05, 3.63) is 22.4 Å². The fourth-order valence-electron chi connectivity index (χ4n) is 1.48. The van der Waals surface area contributed by atoms with Crippen LogP contribution in [0.15, 0.2) is 16.9 Å². The van der Waals surface area contributed by atoms with Crippen LogP contribution in [0.4, 0.5) is 4.79 Å². The Morgan fingerprint density at radius 3 is 2.62 bits per heavy atom. The van der Waals surface area contributed by atoms with E-state index in [9.17, 15) is 4.79 Å². The number of amides is 1. The molecule has 0 bridgehead atoms. The van der Waals surface area contributed by atoms with Gasteiger partial charge in [-0.15, -0.1) is 0 Å². The van der Waals surface area contributed by atoms with Gasteiger partial charge in [0, 0.05) is 12.2 Å². The maximum atomic E-state index is 10.7. The molecule has 1 unspecified atom stereocenters. The average Bonchev–Trinajstić information content (AvgIpc) is 2.47. The van der Waals surface area contributed by atoms with E-state index >= 15 is 0 Å². The Labute approximate surface area is 104 Å². The molecule has 0 radical (unpaired) electrons. The molecule has 0 fully saturated rings. The lowest BCUT2D eigenvalue weighted by Crippen LogP contribution is -2.44. The van der Waals surface area contributed by atoms with Crippen LogP contribution in [0.3, 0.4) is 0 Å². The first-order valence-corrected chi connectivity index (χ1v) is 5.90. The highest BCUT2D eigenvalue weighted by Gasteiger charge is 2.26. The molecule has 3 N–H and O–H groups in total. The maximum absolute atomic E-state index is 10.7. The zero-order chi connectivity index (χ0) is 12.3. The van der Waals surface area contributed by atoms with Crippen LogP contribution in [0.25, 0.3) is 0 Å². The van der Waals surface area contributed by atoms with Gasteiger partial charge in [0.05, 0.1) is 4.60 Å². The summed E-state index contributed by atoms with van der Waals surface area (Å²) in [5, 5.41) is 11.4. The van der Waals surface area contributed by atoms with E-state index in [1.54, 1.807) is 0 Å². The first-order chi connectivity index (χ1) is 7.29. The molecule has 1 amide bonds. The zero-order valence-electron chi connectivity index (χ0n) is 9.67. The van der Waals surface area contributed by atoms with Crippen molar-refractivity contribution in [2.24, 2.45) is 5.41 Å². The predicted molar refractivity (Wildman–Crippen MR) is 66.6 cm³/mol. The summed E-state index contributed by atoms with van der Waals surface area (Å²) in [6.07, 6.45) is 1.58. The van der Waals surface area contributed by atoms with Crippen molar-refractivity contribution in [1.29, 1.82) is 0 Å². The summed E-state index contributed by atoms with van der Waals surface area (Å²) in [5.41, 5.74) is 0.975. The Kier molecular flexibility index (Phi) is 4.02. The van der Waals surface area contributed by atoms with Gasteiger partial charge >= 0.3 is 6.09 Å². The lowest BCUT2D eigenvalue weighted by Gasteiger charge is -2.30. The highest BCUT2D eigenvalue weighted by molar-refractivity contribution is 9.10. The first kappa shape index (κ1) is 13.1. The number of hydrogen-bond donors (Lipinski definition) is 3. The number of carboxylic acid groups (broad SMARTS) is 1. The minimum absolute atomic E-state index is 0.104. The molecule has 16 heavy (non-hydrogen) atoms. The summed E-state index contributed by atoms with van der Waals surface area (Å²) in [6.45, 7) is 6.07. The minimum atomic E-state index is -0.977. The summed E-state index contributed by atoms with van der Waals surface area (Å²) in [4.78, 5) is 13.7. The zero-order valence-corrected chi connectivity index (χ0v) is 11.3. The van der Waals surface area contributed by atoms with Gasteiger partial charge in [0.25, 0.3) is 0 Å². The van der Waals surface area contributed by atoms with Gasteiger partial charge in [-0.2, -0.15) is 0 Å². The van der Waals surface area contributed by atoms with Crippen molar-refractivity contribution in [1.82, 2.24) is 10.3 Å². The van der Waals surface area contributed by atoms with Gasteiger partial charge in [-0.05, 0) is 39.4 Å². The van der Waals surface area contributed by atoms with Gasteiger partial charge in [-0.3, -0.25) is 0 Å². The van der Waals surface area contributed by atoms with E-state index in [1.807, 2.05) is 33.0 Å². The summed E-state index contributed by atoms with van der Waals surface area (Å²) in [6, 6.07) is 1.86. The third-order valence-corrected chi connectivity index (χ3v) is 2.95. The molecule has 1 aromatic heterocycles. The number of halogens is 1. The largest absolute Gasteiger partial charge is 0.465 e. The van der Waals surface area contributed by atoms with Crippen molar-refractivity contribution in [2.75, 3.05) is 0 Å². The Morgan fingerprint density at radius 1 is 1.62 bits per heavy atom. The molecular weight excluding hydrogens is 272 g/mol. The van der Waals surface area contributed by atoms with E-state index in [0.29, 0.717) is 6.42 Å². The molecule has 4 nitrogen and oxygen atoms in total. The van der Waals surface area contributed by atoms with Crippen LogP contribution in [0, 0.1) is 5.41 Å². The lowest BCUT2D eigenvalue weighted by molar-refractivity contribution is 0.174. The van der Waals surface area contributed by atoms with Crippen LogP contribution in [0.2, 0.25) is 0 Å². The summed E-state index contributed by atoms with van der Waals surface area (Å²) in [5.74, 6) is 0. The molecule has 0 aliphatic rings. The van der Waals surface area contributed by atoms with E-state index < -0.39 is 6.09 Å². The maximum Gasteiger partial charge on any atom is 0.404 e. The SMILES string of the molecule is CC(C)(C)C(Cc1c[nH]c(Br)c1)NC(=O)O. The second-order valence-electron chi connectivity index (χ2n) is 4.93. The lowest BCUT2D eigenvalue weighted by atomic mass is 9.83. The van der Waals surface area contributed by atoms with E-state index in [-0.39, 0.29) is 11.5 Å². The monoisotopic (exact) mass is 288 g/mol. The third kappa shape index (κ3) is 3.89. The van der Waals surface area contributed by atoms with E-state index in [0.717, 1.165) is 10.2 Å². The Hall–Kier alpha value is -0.970. The van der Waals surface area contributed by atoms with Gasteiger partial charge in [0.15, 0.2) is 0 Å². The van der Waals surface area contributed by atoms with Crippen LogP contribution >= 0.6 is 15.9 Å².